The van der Waals surface area contributed by atoms with Gasteiger partial charge in [0.15, 0.2) is 0 Å². The van der Waals surface area contributed by atoms with Crippen LogP contribution in [0.3, 0.4) is 0 Å². The Morgan fingerprint density at radius 2 is 1.38 bits per heavy atom. The molecule has 0 radical (unpaired) electrons. The predicted octanol–water partition coefficient (Wildman–Crippen LogP) is 2.48. The van der Waals surface area contributed by atoms with E-state index < -0.39 is 0 Å². The van der Waals surface area contributed by atoms with Gasteiger partial charge in [0, 0.05) is 53.0 Å². The molecule has 1 aliphatic rings. The van der Waals surface area contributed by atoms with Gasteiger partial charge in [-0.3, -0.25) is 9.80 Å². The Kier molecular flexibility index (Phi) is 9.49. The fraction of sp³-hybridized carbons (Fsp3) is 1.00. The van der Waals surface area contributed by atoms with E-state index in [9.17, 15) is 0 Å². The highest BCUT2D eigenvalue weighted by atomic mass is 16.5. The van der Waals surface area contributed by atoms with Crippen molar-refractivity contribution in [1.82, 2.24) is 9.80 Å². The first kappa shape index (κ1) is 18.9. The van der Waals surface area contributed by atoms with Crippen molar-refractivity contribution in [3.8, 4) is 0 Å². The third-order valence-corrected chi connectivity index (χ3v) is 4.09. The number of ether oxygens (including phenoxy) is 2. The fourth-order valence-electron chi connectivity index (χ4n) is 2.61. The summed E-state index contributed by atoms with van der Waals surface area (Å²) in [5, 5.41) is 0. The molecule has 21 heavy (non-hydrogen) atoms. The number of hydrogen-bond acceptors (Lipinski definition) is 4. The molecular weight excluding hydrogens is 264 g/mol. The zero-order valence-corrected chi connectivity index (χ0v) is 14.7. The van der Waals surface area contributed by atoms with E-state index in [4.69, 9.17) is 9.47 Å². The summed E-state index contributed by atoms with van der Waals surface area (Å²) < 4.78 is 10.9. The average Bonchev–Trinajstić information content (AvgIpc) is 2.44. The van der Waals surface area contributed by atoms with E-state index in [1.165, 1.54) is 19.3 Å². The average molecular weight is 300 g/mol. The van der Waals surface area contributed by atoms with Gasteiger partial charge < -0.3 is 9.47 Å². The highest BCUT2D eigenvalue weighted by molar-refractivity contribution is 4.71. The second kappa shape index (κ2) is 10.5. The van der Waals surface area contributed by atoms with Gasteiger partial charge in [-0.05, 0) is 18.3 Å². The van der Waals surface area contributed by atoms with E-state index in [0.29, 0.717) is 5.41 Å². The highest BCUT2D eigenvalue weighted by Crippen LogP contribution is 2.21. The minimum atomic E-state index is 0.461. The smallest absolute Gasteiger partial charge is 0.0593 e. The van der Waals surface area contributed by atoms with E-state index >= 15 is 0 Å². The molecule has 0 aromatic heterocycles. The van der Waals surface area contributed by atoms with Gasteiger partial charge in [-0.15, -0.1) is 0 Å². The third-order valence-electron chi connectivity index (χ3n) is 4.09. The summed E-state index contributed by atoms with van der Waals surface area (Å²) in [6.07, 6.45) is 3.77. The van der Waals surface area contributed by atoms with Crippen molar-refractivity contribution in [3.63, 3.8) is 0 Å². The Morgan fingerprint density at radius 1 is 0.810 bits per heavy atom. The molecule has 126 valence electrons. The zero-order valence-electron chi connectivity index (χ0n) is 14.7. The molecule has 0 aromatic carbocycles. The van der Waals surface area contributed by atoms with Crippen LogP contribution in [0, 0.1) is 5.41 Å². The Hall–Kier alpha value is -0.160. The van der Waals surface area contributed by atoms with Crippen molar-refractivity contribution in [2.24, 2.45) is 5.41 Å². The van der Waals surface area contributed by atoms with Gasteiger partial charge in [0.1, 0.15) is 0 Å². The van der Waals surface area contributed by atoms with Crippen molar-refractivity contribution < 1.29 is 9.47 Å². The SMILES string of the molecule is COCCN1CCN(CCOCCCCC(C)(C)C)CC1. The lowest BCUT2D eigenvalue weighted by molar-refractivity contribution is 0.0637. The summed E-state index contributed by atoms with van der Waals surface area (Å²) in [5.74, 6) is 0. The van der Waals surface area contributed by atoms with Gasteiger partial charge in [0.25, 0.3) is 0 Å². The molecule has 1 heterocycles. The lowest BCUT2D eigenvalue weighted by Gasteiger charge is -2.34. The Labute approximate surface area is 131 Å². The van der Waals surface area contributed by atoms with Gasteiger partial charge in [-0.2, -0.15) is 0 Å². The summed E-state index contributed by atoms with van der Waals surface area (Å²) in [5.41, 5.74) is 0.461. The maximum absolute atomic E-state index is 5.77. The molecule has 4 heteroatoms. The minimum Gasteiger partial charge on any atom is -0.383 e. The molecule has 0 aromatic rings. The van der Waals surface area contributed by atoms with Crippen LogP contribution in [0.4, 0.5) is 0 Å². The largest absolute Gasteiger partial charge is 0.383 e. The van der Waals surface area contributed by atoms with E-state index in [1.807, 2.05) is 0 Å². The number of methoxy groups -OCH3 is 1. The van der Waals surface area contributed by atoms with Crippen LogP contribution < -0.4 is 0 Å². The third kappa shape index (κ3) is 10.2. The number of unbranched alkanes of at least 4 members (excludes halogenated alkanes) is 1. The first-order valence-electron chi connectivity index (χ1n) is 8.53. The highest BCUT2D eigenvalue weighted by Gasteiger charge is 2.15. The van der Waals surface area contributed by atoms with Crippen molar-refractivity contribution in [3.05, 3.63) is 0 Å². The molecule has 1 saturated heterocycles. The van der Waals surface area contributed by atoms with Gasteiger partial charge in [0.2, 0.25) is 0 Å². The zero-order chi connectivity index (χ0) is 15.6. The molecule has 4 nitrogen and oxygen atoms in total. The molecule has 0 bridgehead atoms. The lowest BCUT2D eigenvalue weighted by Crippen LogP contribution is -2.48. The van der Waals surface area contributed by atoms with Crippen molar-refractivity contribution in [1.29, 1.82) is 0 Å². The second-order valence-corrected chi connectivity index (χ2v) is 7.31. The summed E-state index contributed by atoms with van der Waals surface area (Å²) in [6.45, 7) is 16.4. The predicted molar refractivity (Wildman–Crippen MR) is 88.9 cm³/mol. The first-order valence-corrected chi connectivity index (χ1v) is 8.53. The summed E-state index contributed by atoms with van der Waals surface area (Å²) in [7, 11) is 1.77. The van der Waals surface area contributed by atoms with Crippen molar-refractivity contribution >= 4 is 0 Å². The van der Waals surface area contributed by atoms with Crippen LogP contribution in [-0.2, 0) is 9.47 Å². The second-order valence-electron chi connectivity index (χ2n) is 7.31. The van der Waals surface area contributed by atoms with Crippen molar-refractivity contribution in [2.45, 2.75) is 40.0 Å². The maximum Gasteiger partial charge on any atom is 0.0593 e. The van der Waals surface area contributed by atoms with Crippen LogP contribution in [0.25, 0.3) is 0 Å². The Bertz CT molecular complexity index is 246. The van der Waals surface area contributed by atoms with Crippen LogP contribution >= 0.6 is 0 Å². The topological polar surface area (TPSA) is 24.9 Å². The number of rotatable bonds is 10. The van der Waals surface area contributed by atoms with Gasteiger partial charge in [-0.25, -0.2) is 0 Å². The van der Waals surface area contributed by atoms with E-state index in [0.717, 1.165) is 59.1 Å². The van der Waals surface area contributed by atoms with Gasteiger partial charge in [-0.1, -0.05) is 27.2 Å². The van der Waals surface area contributed by atoms with Crippen LogP contribution in [0.15, 0.2) is 0 Å². The molecule has 0 atom stereocenters. The number of hydrogen-bond donors (Lipinski definition) is 0. The molecule has 0 amide bonds. The number of piperazine rings is 1. The molecule has 0 spiro atoms. The van der Waals surface area contributed by atoms with Crippen LogP contribution in [0.5, 0.6) is 0 Å². The number of nitrogens with zero attached hydrogens (tertiary/aromatic N) is 2. The lowest BCUT2D eigenvalue weighted by atomic mass is 9.90. The Morgan fingerprint density at radius 3 is 1.90 bits per heavy atom. The normalized spacial score (nSPS) is 18.3. The monoisotopic (exact) mass is 300 g/mol. The molecular formula is C17H36N2O2. The molecule has 0 N–H and O–H groups in total. The molecule has 0 aliphatic carbocycles. The first-order chi connectivity index (χ1) is 10.0. The molecule has 1 fully saturated rings. The van der Waals surface area contributed by atoms with Crippen LogP contribution in [0.1, 0.15) is 40.0 Å². The standard InChI is InChI=1S/C17H36N2O2/c1-17(2,3)7-5-6-14-21-16-13-19-10-8-18(9-11-19)12-15-20-4/h5-16H2,1-4H3. The molecule has 0 saturated carbocycles. The van der Waals surface area contributed by atoms with Crippen LogP contribution in [-0.4, -0.2) is 76.0 Å². The van der Waals surface area contributed by atoms with Crippen molar-refractivity contribution in [2.75, 3.05) is 66.2 Å². The fourth-order valence-corrected chi connectivity index (χ4v) is 2.61. The van der Waals surface area contributed by atoms with Crippen LogP contribution in [0.2, 0.25) is 0 Å². The van der Waals surface area contributed by atoms with E-state index in [2.05, 4.69) is 30.6 Å². The maximum atomic E-state index is 5.77. The summed E-state index contributed by atoms with van der Waals surface area (Å²) in [4.78, 5) is 4.99. The van der Waals surface area contributed by atoms with E-state index in [1.54, 1.807) is 7.11 Å². The van der Waals surface area contributed by atoms with E-state index in [-0.39, 0.29) is 0 Å². The molecule has 1 rings (SSSR count). The quantitative estimate of drug-likeness (QED) is 0.579. The summed E-state index contributed by atoms with van der Waals surface area (Å²) >= 11 is 0. The molecule has 0 unspecified atom stereocenters. The minimum absolute atomic E-state index is 0.461. The van der Waals surface area contributed by atoms with Gasteiger partial charge >= 0.3 is 0 Å². The Balaban J connectivity index is 1.90. The molecule has 1 aliphatic heterocycles. The summed E-state index contributed by atoms with van der Waals surface area (Å²) in [6, 6.07) is 0. The van der Waals surface area contributed by atoms with Gasteiger partial charge in [0.05, 0.1) is 13.2 Å².